The topological polar surface area (TPSA) is 39.1 Å². The molecule has 0 aliphatic rings. The van der Waals surface area contributed by atoms with Gasteiger partial charge in [0.25, 0.3) is 0 Å². The van der Waals surface area contributed by atoms with Crippen molar-refractivity contribution in [2.45, 2.75) is 13.0 Å². The van der Waals surface area contributed by atoms with E-state index in [2.05, 4.69) is 17.3 Å². The molecule has 1 N–H and O–H groups in total. The summed E-state index contributed by atoms with van der Waals surface area (Å²) < 4.78 is 6.87. The summed E-state index contributed by atoms with van der Waals surface area (Å²) in [6.07, 6.45) is 3.77. The number of nitrogens with zero attached hydrogens (tertiary/aromatic N) is 2. The Kier molecular flexibility index (Phi) is 4.49. The molecule has 0 bridgehead atoms. The van der Waals surface area contributed by atoms with Gasteiger partial charge in [-0.25, -0.2) is 0 Å². The Morgan fingerprint density at radius 2 is 2.46 bits per heavy atom. The van der Waals surface area contributed by atoms with Crippen LogP contribution in [0.4, 0.5) is 0 Å². The van der Waals surface area contributed by atoms with Crippen LogP contribution in [0, 0.1) is 0 Å². The highest BCUT2D eigenvalue weighted by atomic mass is 16.5. The second-order valence-electron chi connectivity index (χ2n) is 3.03. The lowest BCUT2D eigenvalue weighted by Gasteiger charge is -2.12. The quantitative estimate of drug-likeness (QED) is 0.659. The van der Waals surface area contributed by atoms with Gasteiger partial charge in [-0.05, 0) is 13.0 Å². The van der Waals surface area contributed by atoms with Crippen LogP contribution in [0.3, 0.4) is 0 Å². The Morgan fingerprint density at radius 3 is 3.08 bits per heavy atom. The minimum Gasteiger partial charge on any atom is -0.383 e. The second kappa shape index (κ2) is 5.72. The van der Waals surface area contributed by atoms with Gasteiger partial charge in [-0.1, -0.05) is 0 Å². The second-order valence-corrected chi connectivity index (χ2v) is 3.03. The summed E-state index contributed by atoms with van der Waals surface area (Å²) in [7, 11) is 1.71. The van der Waals surface area contributed by atoms with Crippen LogP contribution in [-0.4, -0.2) is 36.6 Å². The highest BCUT2D eigenvalue weighted by Crippen LogP contribution is 1.99. The molecule has 1 aromatic rings. The van der Waals surface area contributed by atoms with Crippen LogP contribution in [0.15, 0.2) is 18.5 Å². The van der Waals surface area contributed by atoms with Crippen LogP contribution in [0.25, 0.3) is 0 Å². The molecule has 1 rings (SSSR count). The minimum absolute atomic E-state index is 0.395. The zero-order valence-electron chi connectivity index (χ0n) is 8.23. The summed E-state index contributed by atoms with van der Waals surface area (Å²) in [4.78, 5) is 0. The Balaban J connectivity index is 2.15. The lowest BCUT2D eigenvalue weighted by atomic mass is 10.3. The number of hydrogen-bond donors (Lipinski definition) is 1. The largest absolute Gasteiger partial charge is 0.383 e. The predicted octanol–water partition coefficient (Wildman–Crippen LogP) is 0.680. The van der Waals surface area contributed by atoms with Gasteiger partial charge in [0.1, 0.15) is 0 Å². The maximum absolute atomic E-state index is 4.93. The SMILES string of the molecule is COCCNCC(C)n1cccn1. The van der Waals surface area contributed by atoms with Crippen LogP contribution in [-0.2, 0) is 4.74 Å². The van der Waals surface area contributed by atoms with Gasteiger partial charge in [-0.2, -0.15) is 5.10 Å². The first-order valence-corrected chi connectivity index (χ1v) is 4.53. The molecule has 4 heteroatoms. The van der Waals surface area contributed by atoms with Gasteiger partial charge in [0.2, 0.25) is 0 Å². The summed E-state index contributed by atoms with van der Waals surface area (Å²) >= 11 is 0. The first kappa shape index (κ1) is 10.2. The molecule has 0 aliphatic heterocycles. The van der Waals surface area contributed by atoms with Gasteiger partial charge in [-0.3, -0.25) is 4.68 Å². The summed E-state index contributed by atoms with van der Waals surface area (Å²) in [6, 6.07) is 2.33. The monoisotopic (exact) mass is 183 g/mol. The van der Waals surface area contributed by atoms with Crippen LogP contribution < -0.4 is 5.32 Å². The molecule has 4 nitrogen and oxygen atoms in total. The molecule has 0 radical (unpaired) electrons. The fraction of sp³-hybridized carbons (Fsp3) is 0.667. The molecule has 0 saturated heterocycles. The van der Waals surface area contributed by atoms with E-state index in [1.54, 1.807) is 13.3 Å². The lowest BCUT2D eigenvalue weighted by Crippen LogP contribution is -2.26. The molecule has 1 unspecified atom stereocenters. The minimum atomic E-state index is 0.395. The normalized spacial score (nSPS) is 13.1. The third kappa shape index (κ3) is 3.57. The first-order chi connectivity index (χ1) is 6.34. The van der Waals surface area contributed by atoms with Crippen molar-refractivity contribution in [3.8, 4) is 0 Å². The van der Waals surface area contributed by atoms with E-state index in [0.717, 1.165) is 19.7 Å². The van der Waals surface area contributed by atoms with Crippen molar-refractivity contribution in [2.75, 3.05) is 26.8 Å². The summed E-state index contributed by atoms with van der Waals surface area (Å²) in [5.74, 6) is 0. The van der Waals surface area contributed by atoms with Crippen molar-refractivity contribution in [3.05, 3.63) is 18.5 Å². The smallest absolute Gasteiger partial charge is 0.0615 e. The number of ether oxygens (including phenoxy) is 1. The van der Waals surface area contributed by atoms with Gasteiger partial charge in [0.05, 0.1) is 12.6 Å². The van der Waals surface area contributed by atoms with Crippen LogP contribution in [0.5, 0.6) is 0 Å². The molecule has 0 aromatic carbocycles. The predicted molar refractivity (Wildman–Crippen MR) is 51.7 cm³/mol. The molecule has 1 aromatic heterocycles. The van der Waals surface area contributed by atoms with Gasteiger partial charge in [-0.15, -0.1) is 0 Å². The average Bonchev–Trinajstić information content (AvgIpc) is 2.65. The molecule has 0 spiro atoms. The highest BCUT2D eigenvalue weighted by Gasteiger charge is 2.02. The van der Waals surface area contributed by atoms with Crippen LogP contribution in [0.2, 0.25) is 0 Å². The zero-order valence-corrected chi connectivity index (χ0v) is 8.23. The zero-order chi connectivity index (χ0) is 9.52. The van der Waals surface area contributed by atoms with E-state index in [9.17, 15) is 0 Å². The van der Waals surface area contributed by atoms with Crippen molar-refractivity contribution >= 4 is 0 Å². The van der Waals surface area contributed by atoms with Crippen LogP contribution in [0.1, 0.15) is 13.0 Å². The highest BCUT2D eigenvalue weighted by molar-refractivity contribution is 4.80. The molecule has 74 valence electrons. The number of rotatable bonds is 6. The molecule has 1 heterocycles. The first-order valence-electron chi connectivity index (χ1n) is 4.53. The molecular weight excluding hydrogens is 166 g/mol. The van der Waals surface area contributed by atoms with Crippen molar-refractivity contribution in [2.24, 2.45) is 0 Å². The van der Waals surface area contributed by atoms with Crippen molar-refractivity contribution in [3.63, 3.8) is 0 Å². The van der Waals surface area contributed by atoms with E-state index in [1.165, 1.54) is 0 Å². The number of hydrogen-bond acceptors (Lipinski definition) is 3. The molecule has 0 saturated carbocycles. The van der Waals surface area contributed by atoms with Crippen LogP contribution >= 0.6 is 0 Å². The van der Waals surface area contributed by atoms with Crippen molar-refractivity contribution < 1.29 is 4.74 Å². The van der Waals surface area contributed by atoms with Gasteiger partial charge < -0.3 is 10.1 Å². The Bertz CT molecular complexity index is 211. The standard InChI is InChI=1S/C9H17N3O/c1-9(8-10-5-7-13-2)12-6-3-4-11-12/h3-4,6,9-10H,5,7-8H2,1-2H3. The van der Waals surface area contributed by atoms with E-state index in [4.69, 9.17) is 4.74 Å². The Morgan fingerprint density at radius 1 is 1.62 bits per heavy atom. The lowest BCUT2D eigenvalue weighted by molar-refractivity contribution is 0.198. The van der Waals surface area contributed by atoms with Crippen molar-refractivity contribution in [1.29, 1.82) is 0 Å². The maximum atomic E-state index is 4.93. The molecule has 1 atom stereocenters. The molecule has 0 fully saturated rings. The van der Waals surface area contributed by atoms with E-state index in [-0.39, 0.29) is 0 Å². The van der Waals surface area contributed by atoms with E-state index < -0.39 is 0 Å². The summed E-state index contributed by atoms with van der Waals surface area (Å²) in [6.45, 7) is 4.70. The molecule has 13 heavy (non-hydrogen) atoms. The van der Waals surface area contributed by atoms with E-state index in [0.29, 0.717) is 6.04 Å². The third-order valence-corrected chi connectivity index (χ3v) is 1.90. The summed E-state index contributed by atoms with van der Waals surface area (Å²) in [5.41, 5.74) is 0. The maximum Gasteiger partial charge on any atom is 0.0615 e. The third-order valence-electron chi connectivity index (χ3n) is 1.90. The van der Waals surface area contributed by atoms with Gasteiger partial charge in [0, 0.05) is 32.6 Å². The molecular formula is C9H17N3O. The summed E-state index contributed by atoms with van der Waals surface area (Å²) in [5, 5.41) is 7.45. The Hall–Kier alpha value is -0.870. The number of aromatic nitrogens is 2. The fourth-order valence-corrected chi connectivity index (χ4v) is 1.12. The number of nitrogens with one attached hydrogen (secondary N) is 1. The van der Waals surface area contributed by atoms with E-state index in [1.807, 2.05) is 16.9 Å². The van der Waals surface area contributed by atoms with E-state index >= 15 is 0 Å². The van der Waals surface area contributed by atoms with Gasteiger partial charge in [0.15, 0.2) is 0 Å². The average molecular weight is 183 g/mol. The van der Waals surface area contributed by atoms with Gasteiger partial charge >= 0.3 is 0 Å². The molecule has 0 aliphatic carbocycles. The fourth-order valence-electron chi connectivity index (χ4n) is 1.12. The number of methoxy groups -OCH3 is 1. The molecule has 0 amide bonds. The Labute approximate surface area is 78.9 Å². The van der Waals surface area contributed by atoms with Crippen molar-refractivity contribution in [1.82, 2.24) is 15.1 Å².